The zero-order valence-corrected chi connectivity index (χ0v) is 10.4. The predicted octanol–water partition coefficient (Wildman–Crippen LogP) is 2.17. The van der Waals surface area contributed by atoms with Gasteiger partial charge in [-0.05, 0) is 37.6 Å². The van der Waals surface area contributed by atoms with Gasteiger partial charge in [-0.15, -0.1) is 0 Å². The molecule has 0 atom stereocenters. The summed E-state index contributed by atoms with van der Waals surface area (Å²) in [5, 5.41) is 4.01. The fourth-order valence-electron chi connectivity index (χ4n) is 1.87. The minimum absolute atomic E-state index is 0.0739. The van der Waals surface area contributed by atoms with Crippen molar-refractivity contribution in [2.75, 3.05) is 0 Å². The normalized spacial score (nSPS) is 10.6. The van der Waals surface area contributed by atoms with E-state index >= 15 is 0 Å². The number of nitrogens with zero attached hydrogens (tertiary/aromatic N) is 3. The quantitative estimate of drug-likeness (QED) is 0.778. The van der Waals surface area contributed by atoms with Gasteiger partial charge in [-0.3, -0.25) is 4.79 Å². The minimum Gasteiger partial charge on any atom is -0.294 e. The van der Waals surface area contributed by atoms with Crippen molar-refractivity contribution in [3.63, 3.8) is 0 Å². The summed E-state index contributed by atoms with van der Waals surface area (Å²) < 4.78 is 14.6. The largest absolute Gasteiger partial charge is 0.294 e. The van der Waals surface area contributed by atoms with Crippen LogP contribution < -0.4 is 0 Å². The Morgan fingerprint density at radius 2 is 2.22 bits per heavy atom. The molecule has 18 heavy (non-hydrogen) atoms. The SMILES string of the molecule is CCn1ncnc1CC(=O)c1ccc(F)cc1C. The molecule has 1 aromatic carbocycles. The molecule has 0 N–H and O–H groups in total. The van der Waals surface area contributed by atoms with Crippen molar-refractivity contribution < 1.29 is 9.18 Å². The van der Waals surface area contributed by atoms with Gasteiger partial charge in [-0.25, -0.2) is 14.1 Å². The van der Waals surface area contributed by atoms with Gasteiger partial charge < -0.3 is 0 Å². The van der Waals surface area contributed by atoms with Crippen LogP contribution in [0.2, 0.25) is 0 Å². The molecular weight excluding hydrogens is 233 g/mol. The average molecular weight is 247 g/mol. The lowest BCUT2D eigenvalue weighted by molar-refractivity contribution is 0.0989. The monoisotopic (exact) mass is 247 g/mol. The van der Waals surface area contributed by atoms with Gasteiger partial charge in [0.25, 0.3) is 0 Å². The lowest BCUT2D eigenvalue weighted by atomic mass is 10.0. The Labute approximate surface area is 104 Å². The summed E-state index contributed by atoms with van der Waals surface area (Å²) in [7, 11) is 0. The van der Waals surface area contributed by atoms with Crippen LogP contribution in [0.15, 0.2) is 24.5 Å². The Morgan fingerprint density at radius 3 is 2.89 bits per heavy atom. The second-order valence-corrected chi connectivity index (χ2v) is 4.05. The third-order valence-corrected chi connectivity index (χ3v) is 2.80. The molecule has 0 unspecified atom stereocenters. The molecule has 4 nitrogen and oxygen atoms in total. The Kier molecular flexibility index (Phi) is 3.50. The lowest BCUT2D eigenvalue weighted by Crippen LogP contribution is -2.12. The maximum absolute atomic E-state index is 13.0. The zero-order chi connectivity index (χ0) is 13.1. The van der Waals surface area contributed by atoms with Crippen molar-refractivity contribution in [3.8, 4) is 0 Å². The average Bonchev–Trinajstić information content (AvgIpc) is 2.76. The van der Waals surface area contributed by atoms with E-state index in [0.717, 1.165) is 0 Å². The molecule has 0 spiro atoms. The molecule has 0 aliphatic carbocycles. The van der Waals surface area contributed by atoms with Crippen molar-refractivity contribution in [1.29, 1.82) is 0 Å². The number of aryl methyl sites for hydroxylation is 2. The van der Waals surface area contributed by atoms with Gasteiger partial charge >= 0.3 is 0 Å². The summed E-state index contributed by atoms with van der Waals surface area (Å²) in [4.78, 5) is 16.2. The van der Waals surface area contributed by atoms with Crippen LogP contribution in [0.1, 0.15) is 28.7 Å². The van der Waals surface area contributed by atoms with Crippen LogP contribution in [0, 0.1) is 12.7 Å². The van der Waals surface area contributed by atoms with Crippen molar-refractivity contribution in [1.82, 2.24) is 14.8 Å². The molecule has 0 fully saturated rings. The smallest absolute Gasteiger partial charge is 0.170 e. The Balaban J connectivity index is 2.22. The number of halogens is 1. The second-order valence-electron chi connectivity index (χ2n) is 4.05. The Morgan fingerprint density at radius 1 is 1.44 bits per heavy atom. The molecule has 0 saturated carbocycles. The summed E-state index contributed by atoms with van der Waals surface area (Å²) in [5.74, 6) is 0.224. The van der Waals surface area contributed by atoms with Crippen molar-refractivity contribution >= 4 is 5.78 Å². The molecule has 2 aromatic rings. The number of carbonyl (C=O) groups is 1. The Bertz CT molecular complexity index is 577. The van der Waals surface area contributed by atoms with Gasteiger partial charge in [0.2, 0.25) is 0 Å². The highest BCUT2D eigenvalue weighted by molar-refractivity contribution is 5.98. The number of carbonyl (C=O) groups excluding carboxylic acids is 1. The molecule has 5 heteroatoms. The first-order valence-corrected chi connectivity index (χ1v) is 5.78. The summed E-state index contributed by atoms with van der Waals surface area (Å²) in [6.45, 7) is 4.33. The Hall–Kier alpha value is -2.04. The van der Waals surface area contributed by atoms with Gasteiger partial charge in [0.1, 0.15) is 18.0 Å². The number of rotatable bonds is 4. The van der Waals surface area contributed by atoms with Crippen molar-refractivity contribution in [2.24, 2.45) is 0 Å². The molecule has 2 rings (SSSR count). The van der Waals surface area contributed by atoms with E-state index in [1.807, 2.05) is 6.92 Å². The van der Waals surface area contributed by atoms with Gasteiger partial charge in [0.15, 0.2) is 5.78 Å². The zero-order valence-electron chi connectivity index (χ0n) is 10.4. The van der Waals surface area contributed by atoms with E-state index in [2.05, 4.69) is 10.1 Å². The van der Waals surface area contributed by atoms with Crippen molar-refractivity contribution in [2.45, 2.75) is 26.8 Å². The van der Waals surface area contributed by atoms with E-state index in [-0.39, 0.29) is 18.0 Å². The maximum Gasteiger partial charge on any atom is 0.170 e. The highest BCUT2D eigenvalue weighted by Crippen LogP contribution is 2.13. The second kappa shape index (κ2) is 5.08. The van der Waals surface area contributed by atoms with Gasteiger partial charge in [0, 0.05) is 12.1 Å². The van der Waals surface area contributed by atoms with Gasteiger partial charge in [-0.2, -0.15) is 5.10 Å². The van der Waals surface area contributed by atoms with E-state index in [0.29, 0.717) is 23.5 Å². The van der Waals surface area contributed by atoms with Crippen LogP contribution in [0.25, 0.3) is 0 Å². The van der Waals surface area contributed by atoms with Crippen LogP contribution in [0.4, 0.5) is 4.39 Å². The molecule has 1 aromatic heterocycles. The fraction of sp³-hybridized carbons (Fsp3) is 0.308. The van der Waals surface area contributed by atoms with Crippen LogP contribution in [-0.2, 0) is 13.0 Å². The minimum atomic E-state index is -0.333. The number of benzene rings is 1. The summed E-state index contributed by atoms with van der Waals surface area (Å²) in [6, 6.07) is 4.17. The van der Waals surface area contributed by atoms with Crippen LogP contribution >= 0.6 is 0 Å². The number of Topliss-reactive ketones (excluding diaryl/α,β-unsaturated/α-hetero) is 1. The number of hydrogen-bond acceptors (Lipinski definition) is 3. The number of hydrogen-bond donors (Lipinski definition) is 0. The molecule has 0 radical (unpaired) electrons. The molecule has 94 valence electrons. The third-order valence-electron chi connectivity index (χ3n) is 2.80. The first kappa shape index (κ1) is 12.4. The number of aromatic nitrogens is 3. The molecular formula is C13H14FN3O. The van der Waals surface area contributed by atoms with E-state index < -0.39 is 0 Å². The first-order chi connectivity index (χ1) is 8.61. The third kappa shape index (κ3) is 2.45. The van der Waals surface area contributed by atoms with E-state index in [4.69, 9.17) is 0 Å². The fourth-order valence-corrected chi connectivity index (χ4v) is 1.87. The highest BCUT2D eigenvalue weighted by Gasteiger charge is 2.13. The van der Waals surface area contributed by atoms with E-state index in [9.17, 15) is 9.18 Å². The summed E-state index contributed by atoms with van der Waals surface area (Å²) in [5.41, 5.74) is 1.17. The van der Waals surface area contributed by atoms with E-state index in [1.165, 1.54) is 24.5 Å². The molecule has 1 heterocycles. The van der Waals surface area contributed by atoms with Crippen LogP contribution in [-0.4, -0.2) is 20.5 Å². The molecule has 0 amide bonds. The summed E-state index contributed by atoms with van der Waals surface area (Å²) in [6.07, 6.45) is 1.62. The number of ketones is 1. The van der Waals surface area contributed by atoms with Gasteiger partial charge in [-0.1, -0.05) is 0 Å². The van der Waals surface area contributed by atoms with E-state index in [1.54, 1.807) is 11.6 Å². The summed E-state index contributed by atoms with van der Waals surface area (Å²) >= 11 is 0. The topological polar surface area (TPSA) is 47.8 Å². The standard InChI is InChI=1S/C13H14FN3O/c1-3-17-13(15-8-16-17)7-12(18)11-5-4-10(14)6-9(11)2/h4-6,8H,3,7H2,1-2H3. The molecule has 0 aliphatic heterocycles. The van der Waals surface area contributed by atoms with Crippen LogP contribution in [0.3, 0.4) is 0 Å². The molecule has 0 saturated heterocycles. The first-order valence-electron chi connectivity index (χ1n) is 5.78. The van der Waals surface area contributed by atoms with Gasteiger partial charge in [0.05, 0.1) is 6.42 Å². The molecule has 0 bridgehead atoms. The van der Waals surface area contributed by atoms with Crippen molar-refractivity contribution in [3.05, 3.63) is 47.3 Å². The van der Waals surface area contributed by atoms with Crippen LogP contribution in [0.5, 0.6) is 0 Å². The predicted molar refractivity (Wildman–Crippen MR) is 64.9 cm³/mol. The maximum atomic E-state index is 13.0. The highest BCUT2D eigenvalue weighted by atomic mass is 19.1. The lowest BCUT2D eigenvalue weighted by Gasteiger charge is -2.05. The molecule has 0 aliphatic rings.